The van der Waals surface area contributed by atoms with Crippen molar-refractivity contribution in [2.45, 2.75) is 49.0 Å². The molecule has 1 aromatic carbocycles. The summed E-state index contributed by atoms with van der Waals surface area (Å²) >= 11 is 1.44. The van der Waals surface area contributed by atoms with E-state index in [0.717, 1.165) is 4.90 Å². The summed E-state index contributed by atoms with van der Waals surface area (Å²) in [7, 11) is 0. The number of thioether (sulfide) groups is 1. The molecule has 1 aromatic rings. The van der Waals surface area contributed by atoms with E-state index >= 15 is 0 Å². The number of piperazine rings is 1. The van der Waals surface area contributed by atoms with E-state index in [1.54, 1.807) is 30.3 Å². The Labute approximate surface area is 200 Å². The summed E-state index contributed by atoms with van der Waals surface area (Å²) in [6, 6.07) is 4.83. The smallest absolute Gasteiger partial charge is 0.325 e. The first-order valence-corrected chi connectivity index (χ1v) is 11.7. The molecule has 12 heteroatoms. The first-order chi connectivity index (χ1) is 16.0. The lowest BCUT2D eigenvalue weighted by molar-refractivity contribution is -0.154. The number of nitrogens with one attached hydrogen (secondary N) is 3. The highest BCUT2D eigenvalue weighted by molar-refractivity contribution is 8.01. The van der Waals surface area contributed by atoms with Gasteiger partial charge in [-0.2, -0.15) is 0 Å². The van der Waals surface area contributed by atoms with Gasteiger partial charge >= 0.3 is 17.8 Å². The van der Waals surface area contributed by atoms with E-state index in [9.17, 15) is 28.8 Å². The quantitative estimate of drug-likeness (QED) is 0.376. The number of amides is 6. The maximum Gasteiger partial charge on any atom is 0.325 e. The van der Waals surface area contributed by atoms with Gasteiger partial charge < -0.3 is 20.9 Å². The molecule has 0 saturated carbocycles. The van der Waals surface area contributed by atoms with Gasteiger partial charge in [0.05, 0.1) is 0 Å². The van der Waals surface area contributed by atoms with Gasteiger partial charge in [-0.05, 0) is 26.3 Å². The Morgan fingerprint density at radius 1 is 1.15 bits per heavy atom. The summed E-state index contributed by atoms with van der Waals surface area (Å²) in [6.45, 7) is 5.28. The summed E-state index contributed by atoms with van der Waals surface area (Å²) in [5.41, 5.74) is 0.437. The third-order valence-electron chi connectivity index (χ3n) is 6.09. The number of β-lactam (4-membered cyclic amide) rings is 1. The molecular weight excluding hydrogens is 462 g/mol. The lowest BCUT2D eigenvalue weighted by Gasteiger charge is -2.44. The van der Waals surface area contributed by atoms with Crippen LogP contribution in [0.1, 0.15) is 32.4 Å². The molecule has 3 heterocycles. The maximum absolute atomic E-state index is 13.3. The van der Waals surface area contributed by atoms with Crippen LogP contribution in [0.25, 0.3) is 0 Å². The van der Waals surface area contributed by atoms with Gasteiger partial charge in [-0.3, -0.25) is 28.9 Å². The van der Waals surface area contributed by atoms with E-state index in [4.69, 9.17) is 0 Å². The van der Waals surface area contributed by atoms with Crippen LogP contribution in [0.3, 0.4) is 0 Å². The number of carbonyl (C=O) groups is 6. The van der Waals surface area contributed by atoms with E-state index in [2.05, 4.69) is 16.0 Å². The highest BCUT2D eigenvalue weighted by Gasteiger charge is 2.63. The van der Waals surface area contributed by atoms with Crippen molar-refractivity contribution in [3.05, 3.63) is 35.9 Å². The maximum atomic E-state index is 13.3. The van der Waals surface area contributed by atoms with Crippen molar-refractivity contribution in [1.29, 1.82) is 0 Å². The van der Waals surface area contributed by atoms with Gasteiger partial charge in [0.1, 0.15) is 23.5 Å². The number of rotatable bonds is 5. The fraction of sp³-hybridized carbons (Fsp3) is 0.455. The molecule has 0 bridgehead atoms. The van der Waals surface area contributed by atoms with Crippen LogP contribution in [0.2, 0.25) is 0 Å². The Morgan fingerprint density at radius 2 is 1.82 bits per heavy atom. The molecule has 3 fully saturated rings. The molecule has 0 spiro atoms. The third kappa shape index (κ3) is 4.02. The highest BCUT2D eigenvalue weighted by atomic mass is 32.2. The van der Waals surface area contributed by atoms with Crippen LogP contribution >= 0.6 is 11.8 Å². The zero-order chi connectivity index (χ0) is 24.8. The Kier molecular flexibility index (Phi) is 6.11. The van der Waals surface area contributed by atoms with Crippen LogP contribution in [-0.4, -0.2) is 80.5 Å². The summed E-state index contributed by atoms with van der Waals surface area (Å²) in [4.78, 5) is 77.0. The minimum atomic E-state index is -1.21. The molecule has 11 nitrogen and oxygen atoms in total. The van der Waals surface area contributed by atoms with Crippen molar-refractivity contribution in [1.82, 2.24) is 25.8 Å². The third-order valence-corrected chi connectivity index (χ3v) is 7.66. The largest absolute Gasteiger partial charge is 0.346 e. The van der Waals surface area contributed by atoms with Crippen molar-refractivity contribution in [3.63, 3.8) is 0 Å². The molecule has 3 aliphatic rings. The van der Waals surface area contributed by atoms with Gasteiger partial charge in [-0.15, -0.1) is 11.8 Å². The van der Waals surface area contributed by atoms with Crippen LogP contribution in [0.15, 0.2) is 30.3 Å². The molecule has 0 radical (unpaired) electrons. The minimum absolute atomic E-state index is 0.0319. The lowest BCUT2D eigenvalue weighted by atomic mass is 9.93. The number of hydrogen-bond acceptors (Lipinski definition) is 7. The van der Waals surface area contributed by atoms with E-state index in [0.29, 0.717) is 5.56 Å². The van der Waals surface area contributed by atoms with E-state index < -0.39 is 52.0 Å². The molecule has 0 aliphatic carbocycles. The molecule has 34 heavy (non-hydrogen) atoms. The van der Waals surface area contributed by atoms with Gasteiger partial charge in [0.15, 0.2) is 5.78 Å². The molecule has 3 saturated heterocycles. The van der Waals surface area contributed by atoms with Gasteiger partial charge in [-0.25, -0.2) is 4.79 Å². The number of nitrogens with zero attached hydrogens (tertiary/aromatic N) is 2. The first-order valence-electron chi connectivity index (χ1n) is 10.8. The van der Waals surface area contributed by atoms with Crippen LogP contribution in [0.4, 0.5) is 4.79 Å². The van der Waals surface area contributed by atoms with Crippen LogP contribution in [0, 0.1) is 0 Å². The van der Waals surface area contributed by atoms with Crippen LogP contribution in [-0.2, 0) is 24.0 Å². The van der Waals surface area contributed by atoms with Crippen molar-refractivity contribution in [3.8, 4) is 0 Å². The van der Waals surface area contributed by atoms with Gasteiger partial charge in [0.2, 0.25) is 11.8 Å². The molecule has 3 aliphatic heterocycles. The van der Waals surface area contributed by atoms with Crippen molar-refractivity contribution < 1.29 is 28.8 Å². The second-order valence-electron chi connectivity index (χ2n) is 8.86. The van der Waals surface area contributed by atoms with E-state index in [-0.39, 0.29) is 24.8 Å². The van der Waals surface area contributed by atoms with Crippen LogP contribution in [0.5, 0.6) is 0 Å². The molecule has 6 amide bonds. The van der Waals surface area contributed by atoms with Crippen molar-refractivity contribution in [2.24, 2.45) is 0 Å². The van der Waals surface area contributed by atoms with Gasteiger partial charge in [-0.1, -0.05) is 30.3 Å². The minimum Gasteiger partial charge on any atom is -0.346 e. The van der Waals surface area contributed by atoms with Gasteiger partial charge in [0.25, 0.3) is 0 Å². The zero-order valence-electron chi connectivity index (χ0n) is 18.9. The average molecular weight is 488 g/mol. The van der Waals surface area contributed by atoms with Crippen LogP contribution < -0.4 is 16.0 Å². The summed E-state index contributed by atoms with van der Waals surface area (Å²) in [5.74, 6) is -3.04. The molecule has 3 N–H and O–H groups in total. The fourth-order valence-electron chi connectivity index (χ4n) is 4.57. The second-order valence-corrected chi connectivity index (χ2v) is 10.6. The second kappa shape index (κ2) is 8.75. The molecule has 180 valence electrons. The highest BCUT2D eigenvalue weighted by Crippen LogP contribution is 2.51. The van der Waals surface area contributed by atoms with Crippen molar-refractivity contribution in [2.75, 3.05) is 13.1 Å². The fourth-order valence-corrected chi connectivity index (χ4v) is 6.26. The Bertz CT molecular complexity index is 1080. The summed E-state index contributed by atoms with van der Waals surface area (Å²) in [6.07, 6.45) is 0. The number of imide groups is 1. The normalized spacial score (nSPS) is 26.2. The number of hydrogen-bond donors (Lipinski definition) is 3. The zero-order valence-corrected chi connectivity index (χ0v) is 19.7. The van der Waals surface area contributed by atoms with E-state index in [1.807, 2.05) is 13.8 Å². The first kappa shape index (κ1) is 23.7. The predicted octanol–water partition coefficient (Wildman–Crippen LogP) is -0.468. The molecule has 0 aromatic heterocycles. The monoisotopic (exact) mass is 487 g/mol. The average Bonchev–Trinajstić information content (AvgIpc) is 3.05. The number of benzene rings is 1. The number of carbonyl (C=O) groups excluding carboxylic acids is 6. The molecule has 4 unspecified atom stereocenters. The summed E-state index contributed by atoms with van der Waals surface area (Å²) in [5, 5.41) is 7.16. The van der Waals surface area contributed by atoms with E-state index in [1.165, 1.54) is 23.6 Å². The topological polar surface area (TPSA) is 145 Å². The molecular formula is C22H25N5O6S. The Balaban J connectivity index is 1.52. The Hall–Kier alpha value is -3.41. The number of Topliss-reactive ketones (excluding diaryl/α,β-unsaturated/α-hetero) is 1. The SMILES string of the molecule is CC(=O)C1N2C(=O)C(NC(=O)C(NC(=O)N3CCNC(=O)C3=O)c3ccccc3)C2SC1(C)C. The molecule has 4 atom stereocenters. The number of ketones is 1. The van der Waals surface area contributed by atoms with Gasteiger partial charge in [0, 0.05) is 17.8 Å². The lowest BCUT2D eigenvalue weighted by Crippen LogP contribution is -2.71. The summed E-state index contributed by atoms with van der Waals surface area (Å²) < 4.78 is -0.506. The molecule has 4 rings (SSSR count). The standard InChI is InChI=1S/C22H25N5O6S/c1-11(28)15-22(2,3)34-20-14(18(31)27(15)20)24-16(29)13(12-7-5-4-6-8-12)25-21(33)26-10-9-23-17(30)19(26)32/h4-8,13-15,20H,9-10H2,1-3H3,(H,23,30)(H,24,29)(H,25,33). The predicted molar refractivity (Wildman–Crippen MR) is 121 cm³/mol. The Morgan fingerprint density at radius 3 is 2.47 bits per heavy atom. The number of fused-ring (bicyclic) bond motifs is 1. The van der Waals surface area contributed by atoms with Crippen molar-refractivity contribution >= 4 is 47.2 Å². The number of urea groups is 1.